The number of ketones is 1. The van der Waals surface area contributed by atoms with Crippen LogP contribution in [0.3, 0.4) is 0 Å². The third kappa shape index (κ3) is 20.7. The van der Waals surface area contributed by atoms with Crippen molar-refractivity contribution in [1.82, 2.24) is 31.5 Å². The molecule has 6 unspecified atom stereocenters. The first-order valence-corrected chi connectivity index (χ1v) is 21.6. The highest BCUT2D eigenvalue weighted by Gasteiger charge is 2.45. The van der Waals surface area contributed by atoms with E-state index >= 15 is 0 Å². The molecule has 58 heavy (non-hydrogen) atoms. The Kier molecular flexibility index (Phi) is 26.6. The SMILES string of the molecule is C=CCNC(=O)C(=O)C(CCCC)NC(=O)C(C)[C@H]1C[C@H]1CN(C)C(=C)C(NC)C1CC(C)/C=C\C=C/C(C)C1.CC.CNC(=O)OCCC(NC(C)=O)C(C)(C)C. The molecule has 5 N–H and O–H groups in total. The van der Waals surface area contributed by atoms with Crippen LogP contribution in [0.25, 0.3) is 0 Å². The van der Waals surface area contributed by atoms with Gasteiger partial charge in [-0.25, -0.2) is 4.79 Å². The fourth-order valence-electron chi connectivity index (χ4n) is 7.36. The van der Waals surface area contributed by atoms with Crippen LogP contribution in [0.15, 0.2) is 49.2 Å². The van der Waals surface area contributed by atoms with Gasteiger partial charge in [-0.2, -0.15) is 0 Å². The van der Waals surface area contributed by atoms with Gasteiger partial charge in [-0.3, -0.25) is 19.2 Å². The zero-order valence-corrected chi connectivity index (χ0v) is 38.5. The maximum atomic E-state index is 13.2. The summed E-state index contributed by atoms with van der Waals surface area (Å²) in [6, 6.07) is -0.613. The van der Waals surface area contributed by atoms with Crippen LogP contribution in [-0.4, -0.2) is 93.5 Å². The van der Waals surface area contributed by atoms with Gasteiger partial charge in [-0.05, 0) is 67.7 Å². The Hall–Kier alpha value is -3.93. The van der Waals surface area contributed by atoms with Crippen molar-refractivity contribution in [1.29, 1.82) is 0 Å². The molecule has 12 nitrogen and oxygen atoms in total. The molecule has 2 rings (SSSR count). The first-order valence-electron chi connectivity index (χ1n) is 21.6. The lowest BCUT2D eigenvalue weighted by atomic mass is 9.82. The average Bonchev–Trinajstić information content (AvgIpc) is 3.93. The number of Topliss-reactive ketones (excluding diaryl/α,β-unsaturated/α-hetero) is 1. The number of nitrogens with one attached hydrogen (secondary N) is 5. The number of carbonyl (C=O) groups is 5. The van der Waals surface area contributed by atoms with Gasteiger partial charge in [-0.15, -0.1) is 6.58 Å². The number of rotatable bonds is 20. The monoisotopic (exact) mass is 815 g/mol. The second-order valence-corrected chi connectivity index (χ2v) is 16.9. The third-order valence-electron chi connectivity index (χ3n) is 10.9. The maximum Gasteiger partial charge on any atom is 0.406 e. The quantitative estimate of drug-likeness (QED) is 0.0654. The number of amides is 4. The predicted octanol–water partition coefficient (Wildman–Crippen LogP) is 6.94. The van der Waals surface area contributed by atoms with Gasteiger partial charge in [0.25, 0.3) is 5.91 Å². The van der Waals surface area contributed by atoms with Crippen molar-refractivity contribution < 1.29 is 28.7 Å². The highest BCUT2D eigenvalue weighted by Crippen LogP contribution is 2.45. The molecule has 0 aliphatic heterocycles. The third-order valence-corrected chi connectivity index (χ3v) is 10.9. The summed E-state index contributed by atoms with van der Waals surface area (Å²) in [6.07, 6.45) is 15.9. The van der Waals surface area contributed by atoms with Crippen LogP contribution in [0.2, 0.25) is 0 Å². The first-order chi connectivity index (χ1) is 27.3. The smallest absolute Gasteiger partial charge is 0.406 e. The molecule has 1 saturated carbocycles. The normalized spacial score (nSPS) is 22.9. The van der Waals surface area contributed by atoms with E-state index in [0.29, 0.717) is 43.1 Å². The van der Waals surface area contributed by atoms with Crippen molar-refractivity contribution in [3.63, 3.8) is 0 Å². The summed E-state index contributed by atoms with van der Waals surface area (Å²) in [5.41, 5.74) is 1.04. The summed E-state index contributed by atoms with van der Waals surface area (Å²) < 4.78 is 4.90. The number of likely N-dealkylation sites (N-methyl/N-ethyl adjacent to an activating group) is 2. The first kappa shape index (κ1) is 54.1. The van der Waals surface area contributed by atoms with Crippen LogP contribution in [0.5, 0.6) is 0 Å². The topological polar surface area (TPSA) is 158 Å². The second kappa shape index (κ2) is 28.5. The summed E-state index contributed by atoms with van der Waals surface area (Å²) in [5, 5.41) is 14.2. The van der Waals surface area contributed by atoms with Gasteiger partial charge in [0.15, 0.2) is 0 Å². The molecule has 8 atom stereocenters. The molecule has 0 radical (unpaired) electrons. The molecule has 0 saturated heterocycles. The minimum atomic E-state index is -0.793. The number of unbranched alkanes of at least 4 members (excludes halogenated alkanes) is 1. The van der Waals surface area contributed by atoms with Gasteiger partial charge >= 0.3 is 6.09 Å². The van der Waals surface area contributed by atoms with E-state index < -0.39 is 23.8 Å². The van der Waals surface area contributed by atoms with E-state index in [2.05, 4.69) is 89.8 Å². The Morgan fingerprint density at radius 3 is 2.03 bits per heavy atom. The molecule has 332 valence electrons. The fraction of sp³-hybridized carbons (Fsp3) is 0.717. The lowest BCUT2D eigenvalue weighted by molar-refractivity contribution is -0.140. The molecule has 2 aliphatic rings. The lowest BCUT2D eigenvalue weighted by Gasteiger charge is -2.35. The molecule has 0 spiro atoms. The molecule has 0 aromatic heterocycles. The maximum absolute atomic E-state index is 13.2. The summed E-state index contributed by atoms with van der Waals surface area (Å²) in [6.45, 7) is 29.5. The minimum Gasteiger partial charge on any atom is -0.449 e. The van der Waals surface area contributed by atoms with Gasteiger partial charge in [0.05, 0.1) is 12.6 Å². The van der Waals surface area contributed by atoms with E-state index in [9.17, 15) is 24.0 Å². The van der Waals surface area contributed by atoms with E-state index in [1.165, 1.54) is 20.0 Å². The fourth-order valence-corrected chi connectivity index (χ4v) is 7.36. The lowest BCUT2D eigenvalue weighted by Crippen LogP contribution is -2.49. The summed E-state index contributed by atoms with van der Waals surface area (Å²) in [5.74, 6) is 0.412. The largest absolute Gasteiger partial charge is 0.449 e. The standard InChI is InChI=1S/C33H54N4O3.C11H22N2O3.C2H6/c1-9-11-16-29(31(38)33(40)35-17-10-2)36-32(39)24(5)28-20-27(28)21-37(8)25(6)30(34-7)26-18-22(3)14-12-13-15-23(4)19-26;1-8(14)13-9(11(2,3)4)6-7-16-10(15)12-5;1-2/h10,12-15,22-24,26-30,34H,2,6,9,11,16-21H2,1,3-5,7-8H3,(H,35,40)(H,36,39);9H,6-7H2,1-5H3,(H,12,15)(H,13,14);1-2H3/b14-12-,15-13-;;/t22?,23?,24?,26?,27-,28+,29?,30?;;/m0../s1. The Labute approximate surface area is 352 Å². The molecule has 0 aromatic carbocycles. The van der Waals surface area contributed by atoms with Gasteiger partial charge in [-0.1, -0.05) is 112 Å². The van der Waals surface area contributed by atoms with Gasteiger partial charge in [0, 0.05) is 64.2 Å². The number of nitrogens with zero attached hydrogens (tertiary/aromatic N) is 1. The van der Waals surface area contributed by atoms with Gasteiger partial charge < -0.3 is 36.2 Å². The molecule has 0 bridgehead atoms. The Bertz CT molecular complexity index is 1340. The minimum absolute atomic E-state index is 0.00495. The molecular weight excluding hydrogens is 733 g/mol. The highest BCUT2D eigenvalue weighted by atomic mass is 16.5. The molecular formula is C46H82N6O6. The van der Waals surface area contributed by atoms with E-state index in [4.69, 9.17) is 4.74 Å². The van der Waals surface area contributed by atoms with Crippen LogP contribution in [0.1, 0.15) is 114 Å². The summed E-state index contributed by atoms with van der Waals surface area (Å²) >= 11 is 0. The Balaban J connectivity index is 0.00000151. The molecule has 12 heteroatoms. The van der Waals surface area contributed by atoms with E-state index in [0.717, 1.165) is 44.3 Å². The second-order valence-electron chi connectivity index (χ2n) is 16.9. The van der Waals surface area contributed by atoms with Crippen LogP contribution in [0, 0.1) is 40.9 Å². The van der Waals surface area contributed by atoms with E-state index in [1.807, 2.05) is 55.5 Å². The molecule has 1 fully saturated rings. The van der Waals surface area contributed by atoms with Gasteiger partial charge in [0.1, 0.15) is 0 Å². The number of alkyl carbamates (subject to hydrolysis) is 1. The van der Waals surface area contributed by atoms with Crippen LogP contribution in [0.4, 0.5) is 4.79 Å². The number of ether oxygens (including phenoxy) is 1. The number of hydrogen-bond donors (Lipinski definition) is 5. The summed E-state index contributed by atoms with van der Waals surface area (Å²) in [7, 11) is 5.64. The van der Waals surface area contributed by atoms with Crippen molar-refractivity contribution >= 4 is 29.6 Å². The highest BCUT2D eigenvalue weighted by molar-refractivity contribution is 6.38. The van der Waals surface area contributed by atoms with Crippen molar-refractivity contribution in [3.05, 3.63) is 49.2 Å². The number of allylic oxidation sites excluding steroid dienone is 4. The van der Waals surface area contributed by atoms with Crippen molar-refractivity contribution in [3.8, 4) is 0 Å². The Morgan fingerprint density at radius 1 is 0.966 bits per heavy atom. The zero-order chi connectivity index (χ0) is 44.6. The molecule has 0 aromatic rings. The van der Waals surface area contributed by atoms with E-state index in [1.54, 1.807) is 0 Å². The van der Waals surface area contributed by atoms with Crippen LogP contribution in [-0.2, 0) is 23.9 Å². The average molecular weight is 815 g/mol. The van der Waals surface area contributed by atoms with Crippen molar-refractivity contribution in [2.75, 3.05) is 40.8 Å². The molecule has 0 heterocycles. The predicted molar refractivity (Wildman–Crippen MR) is 238 cm³/mol. The number of hydrogen-bond acceptors (Lipinski definition) is 8. The van der Waals surface area contributed by atoms with E-state index in [-0.39, 0.29) is 47.7 Å². The summed E-state index contributed by atoms with van der Waals surface area (Å²) in [4.78, 5) is 62.2. The van der Waals surface area contributed by atoms with Crippen molar-refractivity contribution in [2.45, 2.75) is 132 Å². The zero-order valence-electron chi connectivity index (χ0n) is 38.5. The van der Waals surface area contributed by atoms with Crippen molar-refractivity contribution in [2.24, 2.45) is 40.9 Å². The van der Waals surface area contributed by atoms with Gasteiger partial charge in [0.2, 0.25) is 17.6 Å². The molecule has 2 aliphatic carbocycles. The Morgan fingerprint density at radius 2 is 1.55 bits per heavy atom. The van der Waals surface area contributed by atoms with Crippen LogP contribution < -0.4 is 26.6 Å². The molecule has 4 amide bonds. The van der Waals surface area contributed by atoms with Crippen LogP contribution >= 0.6 is 0 Å². The number of carbonyl (C=O) groups excluding carboxylic acids is 5.